The van der Waals surface area contributed by atoms with E-state index in [-0.39, 0.29) is 0 Å². The van der Waals surface area contributed by atoms with Crippen molar-refractivity contribution in [3.8, 4) is 0 Å². The van der Waals surface area contributed by atoms with E-state index in [0.29, 0.717) is 0 Å². The minimum Gasteiger partial charge on any atom is -0.405 e. The van der Waals surface area contributed by atoms with E-state index in [1.54, 1.807) is 0 Å². The van der Waals surface area contributed by atoms with E-state index in [1.807, 2.05) is 0 Å². The van der Waals surface area contributed by atoms with Gasteiger partial charge in [0, 0.05) is 0 Å². The maximum absolute atomic E-state index is 8.39. The van der Waals surface area contributed by atoms with Crippen molar-refractivity contribution in [2.45, 2.75) is 25.8 Å². The van der Waals surface area contributed by atoms with Gasteiger partial charge in [-0.15, -0.1) is 0 Å². The van der Waals surface area contributed by atoms with Crippen LogP contribution in [-0.2, 0) is 16.5 Å². The molecule has 0 spiro atoms. The molecule has 268 valence electrons. The lowest BCUT2D eigenvalue weighted by molar-refractivity contribution is 0.259. The zero-order valence-corrected chi connectivity index (χ0v) is 34.5. The molecule has 1 aliphatic heterocycles. The van der Waals surface area contributed by atoms with Gasteiger partial charge in [-0.25, -0.2) is 0 Å². The third kappa shape index (κ3) is 6.76. The summed E-state index contributed by atoms with van der Waals surface area (Å²) in [6.07, 6.45) is 1.91. The number of unbranched alkanes of at least 4 members (excludes halogenated alkanes) is 1. The lowest BCUT2D eigenvalue weighted by atomic mass is 10.4. The van der Waals surface area contributed by atoms with Crippen molar-refractivity contribution in [3.05, 3.63) is 212 Å². The molecular formula is C46H44O4Si4. The molecule has 0 aliphatic carbocycles. The van der Waals surface area contributed by atoms with Crippen molar-refractivity contribution in [2.75, 3.05) is 0 Å². The van der Waals surface area contributed by atoms with Crippen LogP contribution in [0.1, 0.15) is 19.8 Å². The van der Waals surface area contributed by atoms with Gasteiger partial charge in [-0.2, -0.15) is 0 Å². The van der Waals surface area contributed by atoms with Crippen molar-refractivity contribution < 1.29 is 16.5 Å². The molecule has 0 atom stereocenters. The van der Waals surface area contributed by atoms with E-state index in [9.17, 15) is 0 Å². The normalized spacial score (nSPS) is 17.1. The van der Waals surface area contributed by atoms with Gasteiger partial charge in [-0.1, -0.05) is 232 Å². The molecule has 0 saturated carbocycles. The van der Waals surface area contributed by atoms with Crippen molar-refractivity contribution in [3.63, 3.8) is 0 Å². The number of benzene rings is 7. The summed E-state index contributed by atoms with van der Waals surface area (Å²) in [5.41, 5.74) is 0. The molecule has 1 heterocycles. The summed E-state index contributed by atoms with van der Waals surface area (Å²) in [5, 5.41) is 7.15. The summed E-state index contributed by atoms with van der Waals surface area (Å²) in [5.74, 6) is 0. The van der Waals surface area contributed by atoms with Gasteiger partial charge < -0.3 is 16.5 Å². The second kappa shape index (κ2) is 15.9. The van der Waals surface area contributed by atoms with Gasteiger partial charge in [0.05, 0.1) is 0 Å². The fraction of sp³-hybridized carbons (Fsp3) is 0.0870. The van der Waals surface area contributed by atoms with Crippen LogP contribution in [0.15, 0.2) is 212 Å². The summed E-state index contributed by atoms with van der Waals surface area (Å²) in [7, 11) is -14.9. The highest BCUT2D eigenvalue weighted by Gasteiger charge is 2.67. The van der Waals surface area contributed by atoms with Gasteiger partial charge in [0.25, 0.3) is 0 Å². The third-order valence-electron chi connectivity index (χ3n) is 10.2. The van der Waals surface area contributed by atoms with Crippen molar-refractivity contribution >= 4 is 70.6 Å². The Balaban J connectivity index is 1.56. The van der Waals surface area contributed by atoms with E-state index in [2.05, 4.69) is 219 Å². The van der Waals surface area contributed by atoms with Crippen LogP contribution in [0.4, 0.5) is 0 Å². The van der Waals surface area contributed by atoms with Crippen LogP contribution >= 0.6 is 0 Å². The summed E-state index contributed by atoms with van der Waals surface area (Å²) >= 11 is 0. The molecule has 1 fully saturated rings. The van der Waals surface area contributed by atoms with Crippen molar-refractivity contribution in [2.24, 2.45) is 0 Å². The van der Waals surface area contributed by atoms with E-state index >= 15 is 0 Å². The van der Waals surface area contributed by atoms with Gasteiger partial charge in [0.2, 0.25) is 0 Å². The van der Waals surface area contributed by atoms with Crippen LogP contribution in [-0.4, -0.2) is 34.2 Å². The Morgan fingerprint density at radius 3 is 0.759 bits per heavy atom. The second-order valence-electron chi connectivity index (χ2n) is 13.7. The summed E-state index contributed by atoms with van der Waals surface area (Å²) in [6, 6.07) is 75.0. The summed E-state index contributed by atoms with van der Waals surface area (Å²) < 4.78 is 33.5. The molecular weight excluding hydrogens is 729 g/mol. The van der Waals surface area contributed by atoms with Crippen molar-refractivity contribution in [1.82, 2.24) is 0 Å². The predicted octanol–water partition coefficient (Wildman–Crippen LogP) is 5.99. The largest absolute Gasteiger partial charge is 0.405 e. The van der Waals surface area contributed by atoms with Crippen LogP contribution in [0, 0.1) is 0 Å². The Labute approximate surface area is 323 Å². The summed E-state index contributed by atoms with van der Waals surface area (Å²) in [4.78, 5) is 0. The quantitative estimate of drug-likeness (QED) is 0.160. The molecule has 0 aromatic heterocycles. The first-order chi connectivity index (χ1) is 26.6. The number of hydrogen-bond donors (Lipinski definition) is 0. The molecule has 1 saturated heterocycles. The fourth-order valence-electron chi connectivity index (χ4n) is 7.57. The topological polar surface area (TPSA) is 36.9 Å². The molecule has 7 aromatic carbocycles. The lowest BCUT2D eigenvalue weighted by Crippen LogP contribution is -2.86. The smallest absolute Gasteiger partial charge is 0.390 e. The van der Waals surface area contributed by atoms with Gasteiger partial charge in [0.1, 0.15) is 0 Å². The predicted molar refractivity (Wildman–Crippen MR) is 230 cm³/mol. The average molecular weight is 773 g/mol. The number of hydrogen-bond acceptors (Lipinski definition) is 4. The van der Waals surface area contributed by atoms with Crippen LogP contribution in [0.5, 0.6) is 0 Å². The molecule has 0 unspecified atom stereocenters. The Bertz CT molecular complexity index is 2000. The standard InChI is InChI=1S/C46H44O4Si4/c1-2-3-39-51(40-25-11-4-12-26-40)47-52(41-27-13-5-14-28-41,42-29-15-6-16-30-42)49-54(45-35-21-9-22-36-45,46-37-23-10-24-38-46)50-53(48-51,43-31-17-7-18-32-43)44-33-19-8-20-34-44/h4-38H,2-3,39H2,1H3. The van der Waals surface area contributed by atoms with Crippen LogP contribution in [0.2, 0.25) is 6.04 Å². The maximum Gasteiger partial charge on any atom is 0.390 e. The monoisotopic (exact) mass is 772 g/mol. The van der Waals surface area contributed by atoms with Crippen LogP contribution in [0.3, 0.4) is 0 Å². The zero-order valence-electron chi connectivity index (χ0n) is 30.5. The van der Waals surface area contributed by atoms with Gasteiger partial charge in [0.15, 0.2) is 0 Å². The molecule has 0 N–H and O–H groups in total. The second-order valence-corrected chi connectivity index (χ2v) is 26.7. The molecule has 0 bridgehead atoms. The van der Waals surface area contributed by atoms with Crippen LogP contribution < -0.4 is 36.3 Å². The molecule has 8 rings (SSSR count). The molecule has 54 heavy (non-hydrogen) atoms. The van der Waals surface area contributed by atoms with Crippen molar-refractivity contribution in [1.29, 1.82) is 0 Å². The summed E-state index contributed by atoms with van der Waals surface area (Å²) in [6.45, 7) is 2.24. The third-order valence-corrected chi connectivity index (χ3v) is 28.5. The first kappa shape index (κ1) is 36.2. The Kier molecular flexibility index (Phi) is 10.7. The number of rotatable bonds is 10. The minimum atomic E-state index is -3.82. The first-order valence-corrected chi connectivity index (χ1v) is 26.3. The SMILES string of the molecule is CCCC[Si]1(c2ccccc2)O[Si](c2ccccc2)(c2ccccc2)O[Si](c2ccccc2)(c2ccccc2)O[Si](c2ccccc2)(c2ccccc2)O1. The van der Waals surface area contributed by atoms with Crippen LogP contribution in [0.25, 0.3) is 0 Å². The Hall–Kier alpha value is -4.75. The molecule has 7 aromatic rings. The molecule has 0 radical (unpaired) electrons. The van der Waals surface area contributed by atoms with E-state index in [4.69, 9.17) is 16.5 Å². The molecule has 8 heteroatoms. The molecule has 4 nitrogen and oxygen atoms in total. The Morgan fingerprint density at radius 2 is 0.519 bits per heavy atom. The fourth-order valence-corrected chi connectivity index (χ4v) is 30.7. The highest BCUT2D eigenvalue weighted by molar-refractivity contribution is 7.14. The van der Waals surface area contributed by atoms with E-state index in [1.165, 1.54) is 0 Å². The average Bonchev–Trinajstić information content (AvgIpc) is 3.26. The first-order valence-electron chi connectivity index (χ1n) is 18.8. The molecule has 0 amide bonds. The van der Waals surface area contributed by atoms with Gasteiger partial charge >= 0.3 is 34.2 Å². The Morgan fingerprint density at radius 1 is 0.296 bits per heavy atom. The van der Waals surface area contributed by atoms with Gasteiger partial charge in [-0.05, 0) is 42.4 Å². The lowest BCUT2D eigenvalue weighted by Gasteiger charge is -2.53. The highest BCUT2D eigenvalue weighted by Crippen LogP contribution is 2.34. The highest BCUT2D eigenvalue weighted by atomic mass is 28.5. The minimum absolute atomic E-state index is 0.730. The van der Waals surface area contributed by atoms with E-state index < -0.39 is 34.2 Å². The van der Waals surface area contributed by atoms with E-state index in [0.717, 1.165) is 55.2 Å². The molecule has 1 aliphatic rings. The maximum atomic E-state index is 8.39. The zero-order chi connectivity index (χ0) is 36.7. The van der Waals surface area contributed by atoms with Gasteiger partial charge in [-0.3, -0.25) is 0 Å².